The van der Waals surface area contributed by atoms with Crippen LogP contribution in [0.3, 0.4) is 0 Å². The van der Waals surface area contributed by atoms with Gasteiger partial charge in [-0.3, -0.25) is 4.79 Å². The number of carbonyl (C=O) groups excluding carboxylic acids is 1. The van der Waals surface area contributed by atoms with Crippen molar-refractivity contribution in [2.75, 3.05) is 0 Å². The third-order valence-electron chi connectivity index (χ3n) is 7.15. The van der Waals surface area contributed by atoms with Crippen LogP contribution in [0.5, 0.6) is 0 Å². The monoisotopic (exact) mass is 320 g/mol. The van der Waals surface area contributed by atoms with Crippen molar-refractivity contribution in [3.63, 3.8) is 0 Å². The molecule has 1 saturated carbocycles. The molecule has 1 saturated heterocycles. The highest BCUT2D eigenvalue weighted by Gasteiger charge is 2.61. The van der Waals surface area contributed by atoms with Crippen molar-refractivity contribution in [1.82, 2.24) is 0 Å². The molecule has 3 aliphatic rings. The van der Waals surface area contributed by atoms with Gasteiger partial charge in [-0.2, -0.15) is 0 Å². The molecule has 5 unspecified atom stereocenters. The fraction of sp³-hybridized carbons (Fsp3) is 0.850. The number of fused-ring (bicyclic) bond motifs is 2. The molecular weight excluding hydrogens is 288 g/mol. The Hall–Kier alpha value is -0.670. The van der Waals surface area contributed by atoms with Crippen LogP contribution < -0.4 is 0 Å². The molecule has 23 heavy (non-hydrogen) atoms. The normalized spacial score (nSPS) is 47.6. The maximum atomic E-state index is 12.9. The molecule has 2 aliphatic carbocycles. The van der Waals surface area contributed by atoms with E-state index in [1.165, 1.54) is 5.57 Å². The summed E-state index contributed by atoms with van der Waals surface area (Å²) in [6, 6.07) is 0. The first-order chi connectivity index (χ1) is 10.6. The maximum absolute atomic E-state index is 12.9. The van der Waals surface area contributed by atoms with Crippen LogP contribution in [0.15, 0.2) is 11.6 Å². The van der Waals surface area contributed by atoms with Gasteiger partial charge in [0.25, 0.3) is 0 Å². The smallest absolute Gasteiger partial charge is 0.167 e. The summed E-state index contributed by atoms with van der Waals surface area (Å²) in [4.78, 5) is 12.9. The molecule has 5 atom stereocenters. The van der Waals surface area contributed by atoms with Gasteiger partial charge < -0.3 is 9.84 Å². The molecule has 0 amide bonds. The van der Waals surface area contributed by atoms with E-state index in [0.29, 0.717) is 6.42 Å². The lowest BCUT2D eigenvalue weighted by molar-refractivity contribution is -0.130. The molecule has 2 fully saturated rings. The average molecular weight is 320 g/mol. The average Bonchev–Trinajstić information content (AvgIpc) is 3.09. The van der Waals surface area contributed by atoms with Gasteiger partial charge in [-0.05, 0) is 57.3 Å². The molecule has 3 nitrogen and oxygen atoms in total. The topological polar surface area (TPSA) is 49.8 Å². The molecule has 1 aliphatic heterocycles. The highest BCUT2D eigenvalue weighted by molar-refractivity contribution is 5.90. The molecule has 3 heteroatoms. The van der Waals surface area contributed by atoms with Crippen molar-refractivity contribution >= 4 is 5.78 Å². The number of epoxide rings is 1. The lowest BCUT2D eigenvalue weighted by Crippen LogP contribution is -2.45. The Balaban J connectivity index is 1.97. The van der Waals surface area contributed by atoms with Gasteiger partial charge in [0.1, 0.15) is 5.60 Å². The minimum Gasteiger partial charge on any atom is -0.389 e. The summed E-state index contributed by atoms with van der Waals surface area (Å²) in [6.07, 6.45) is 7.55. The quantitative estimate of drug-likeness (QED) is 0.586. The van der Waals surface area contributed by atoms with Gasteiger partial charge in [-0.15, -0.1) is 0 Å². The Morgan fingerprint density at radius 1 is 1.30 bits per heavy atom. The maximum Gasteiger partial charge on any atom is 0.167 e. The summed E-state index contributed by atoms with van der Waals surface area (Å²) in [5, 5.41) is 11.3. The molecule has 0 aromatic rings. The Kier molecular flexibility index (Phi) is 4.04. The predicted molar refractivity (Wildman–Crippen MR) is 91.1 cm³/mol. The summed E-state index contributed by atoms with van der Waals surface area (Å²) in [5.41, 5.74) is 0.0470. The third kappa shape index (κ3) is 2.70. The van der Waals surface area contributed by atoms with Crippen molar-refractivity contribution in [2.45, 2.75) is 90.4 Å². The first-order valence-electron chi connectivity index (χ1n) is 9.21. The van der Waals surface area contributed by atoms with Gasteiger partial charge in [0.05, 0.1) is 11.7 Å². The number of aliphatic hydroxyl groups is 1. The predicted octanol–water partition coefficient (Wildman–Crippen LogP) is 4.04. The van der Waals surface area contributed by atoms with Gasteiger partial charge in [0.2, 0.25) is 0 Å². The van der Waals surface area contributed by atoms with Crippen molar-refractivity contribution in [3.05, 3.63) is 11.6 Å². The molecule has 1 N–H and O–H groups in total. The van der Waals surface area contributed by atoms with Crippen molar-refractivity contribution in [1.29, 1.82) is 0 Å². The van der Waals surface area contributed by atoms with E-state index >= 15 is 0 Å². The van der Waals surface area contributed by atoms with Crippen LogP contribution in [0.1, 0.15) is 73.1 Å². The van der Waals surface area contributed by atoms with Crippen molar-refractivity contribution < 1.29 is 14.6 Å². The first kappa shape index (κ1) is 17.2. The zero-order valence-electron chi connectivity index (χ0n) is 15.3. The molecule has 0 radical (unpaired) electrons. The van der Waals surface area contributed by atoms with E-state index in [9.17, 15) is 9.90 Å². The van der Waals surface area contributed by atoms with Crippen LogP contribution in [0.4, 0.5) is 0 Å². The Morgan fingerprint density at radius 2 is 2.00 bits per heavy atom. The minimum atomic E-state index is -0.735. The number of hydrogen-bond acceptors (Lipinski definition) is 3. The third-order valence-corrected chi connectivity index (χ3v) is 7.15. The van der Waals surface area contributed by atoms with Crippen LogP contribution >= 0.6 is 0 Å². The molecule has 1 heterocycles. The number of ketones is 1. The van der Waals surface area contributed by atoms with E-state index in [1.54, 1.807) is 0 Å². The van der Waals surface area contributed by atoms with Crippen LogP contribution in [0, 0.1) is 17.3 Å². The fourth-order valence-electron chi connectivity index (χ4n) is 4.89. The number of allylic oxidation sites excluding steroid dienone is 2. The minimum absolute atomic E-state index is 0.00102. The second kappa shape index (κ2) is 5.42. The van der Waals surface area contributed by atoms with E-state index in [1.807, 2.05) is 6.92 Å². The van der Waals surface area contributed by atoms with Crippen molar-refractivity contribution in [2.24, 2.45) is 17.3 Å². The van der Waals surface area contributed by atoms with E-state index in [2.05, 4.69) is 33.8 Å². The van der Waals surface area contributed by atoms with Crippen molar-refractivity contribution in [3.8, 4) is 0 Å². The summed E-state index contributed by atoms with van der Waals surface area (Å²) in [7, 11) is 0. The van der Waals surface area contributed by atoms with Gasteiger partial charge in [-0.25, -0.2) is 0 Å². The summed E-state index contributed by atoms with van der Waals surface area (Å²) >= 11 is 0. The molecule has 3 rings (SSSR count). The molecule has 0 bridgehead atoms. The lowest BCUT2D eigenvalue weighted by atomic mass is 9.67. The summed E-state index contributed by atoms with van der Waals surface area (Å²) in [5.74, 6) is 0.381. The summed E-state index contributed by atoms with van der Waals surface area (Å²) < 4.78 is 5.79. The summed E-state index contributed by atoms with van der Waals surface area (Å²) in [6.45, 7) is 10.6. The first-order valence-corrected chi connectivity index (χ1v) is 9.21. The largest absolute Gasteiger partial charge is 0.389 e. The van der Waals surface area contributed by atoms with Crippen LogP contribution in [0.2, 0.25) is 0 Å². The molecule has 0 aromatic heterocycles. The van der Waals surface area contributed by atoms with Crippen LogP contribution in [0.25, 0.3) is 0 Å². The molecule has 0 spiro atoms. The second-order valence-corrected chi connectivity index (χ2v) is 8.99. The Labute approximate surface area is 140 Å². The van der Waals surface area contributed by atoms with Gasteiger partial charge >= 0.3 is 0 Å². The van der Waals surface area contributed by atoms with E-state index in [0.717, 1.165) is 32.1 Å². The highest BCUT2D eigenvalue weighted by atomic mass is 16.6. The fourth-order valence-corrected chi connectivity index (χ4v) is 4.89. The van der Waals surface area contributed by atoms with Gasteiger partial charge in [-0.1, -0.05) is 32.4 Å². The molecular formula is C20H32O3. The SMILES string of the molecule is CC1=CCC2(C)CCC(O)(C(C)C)C2CC(=O)C2(C)OC2CC1. The highest BCUT2D eigenvalue weighted by Crippen LogP contribution is 2.57. The number of hydrogen-bond donors (Lipinski definition) is 1. The number of ether oxygens (including phenoxy) is 1. The number of rotatable bonds is 1. The molecule has 0 aromatic carbocycles. The second-order valence-electron chi connectivity index (χ2n) is 8.99. The van der Waals surface area contributed by atoms with Gasteiger partial charge in [0, 0.05) is 12.3 Å². The molecule has 130 valence electrons. The van der Waals surface area contributed by atoms with E-state index in [-0.39, 0.29) is 29.1 Å². The zero-order valence-corrected chi connectivity index (χ0v) is 15.3. The lowest BCUT2D eigenvalue weighted by Gasteiger charge is -2.40. The van der Waals surface area contributed by atoms with Crippen LogP contribution in [-0.4, -0.2) is 28.2 Å². The number of Topliss-reactive ketones (excluding diaryl/α,β-unsaturated/α-hetero) is 1. The Bertz CT molecular complexity index is 537. The Morgan fingerprint density at radius 3 is 2.65 bits per heavy atom. The standard InChI is InChI=1S/C20H32O3/c1-13(2)20(22)11-10-18(4)9-8-14(3)6-7-17-19(5,23-17)16(21)12-15(18)20/h8,13,15,17,22H,6-7,9-12H2,1-5H3. The number of carbonyl (C=O) groups is 1. The van der Waals surface area contributed by atoms with E-state index < -0.39 is 11.2 Å². The van der Waals surface area contributed by atoms with E-state index in [4.69, 9.17) is 4.74 Å². The van der Waals surface area contributed by atoms with Crippen LogP contribution in [-0.2, 0) is 9.53 Å². The zero-order chi connectivity index (χ0) is 17.0. The van der Waals surface area contributed by atoms with Gasteiger partial charge in [0.15, 0.2) is 5.78 Å².